The average molecular weight is 360 g/mol. The highest BCUT2D eigenvalue weighted by Gasteiger charge is 2.18. The number of nitrogens with one attached hydrogen (secondary N) is 2. The molecule has 25 heavy (non-hydrogen) atoms. The third-order valence-electron chi connectivity index (χ3n) is 3.85. The molecular formula is C19H24N2O3S. The molecule has 0 saturated heterocycles. The molecule has 1 aromatic heterocycles. The summed E-state index contributed by atoms with van der Waals surface area (Å²) in [5, 5.41) is 6.03. The van der Waals surface area contributed by atoms with E-state index in [1.165, 1.54) is 11.2 Å². The minimum atomic E-state index is -0.675. The number of anilines is 1. The van der Waals surface area contributed by atoms with E-state index in [0.717, 1.165) is 17.7 Å². The summed E-state index contributed by atoms with van der Waals surface area (Å²) in [5.41, 5.74) is 1.74. The van der Waals surface area contributed by atoms with Gasteiger partial charge in [-0.05, 0) is 56.2 Å². The average Bonchev–Trinajstić information content (AvgIpc) is 3.11. The highest BCUT2D eigenvalue weighted by atomic mass is 32.2. The number of aryl methyl sites for hydroxylation is 1. The summed E-state index contributed by atoms with van der Waals surface area (Å²) >= 11 is 1.82. The molecule has 1 heterocycles. The fourth-order valence-electron chi connectivity index (χ4n) is 2.15. The van der Waals surface area contributed by atoms with E-state index in [2.05, 4.69) is 30.5 Å². The van der Waals surface area contributed by atoms with Crippen molar-refractivity contribution < 1.29 is 14.0 Å². The summed E-state index contributed by atoms with van der Waals surface area (Å²) in [6.07, 6.45) is 2.52. The van der Waals surface area contributed by atoms with Crippen LogP contribution < -0.4 is 10.6 Å². The van der Waals surface area contributed by atoms with Crippen molar-refractivity contribution in [3.63, 3.8) is 0 Å². The molecule has 0 bridgehead atoms. The Morgan fingerprint density at radius 2 is 2.00 bits per heavy atom. The second-order valence-electron chi connectivity index (χ2n) is 5.98. The van der Waals surface area contributed by atoms with Crippen molar-refractivity contribution >= 4 is 29.3 Å². The lowest BCUT2D eigenvalue weighted by Crippen LogP contribution is -2.41. The Morgan fingerprint density at radius 1 is 1.24 bits per heavy atom. The first-order valence-electron chi connectivity index (χ1n) is 8.33. The molecule has 0 aliphatic carbocycles. The van der Waals surface area contributed by atoms with Crippen molar-refractivity contribution in [2.75, 3.05) is 5.32 Å². The van der Waals surface area contributed by atoms with Crippen LogP contribution in [0.4, 0.5) is 5.69 Å². The standard InChI is InChI=1S/C19H24N2O3S/c1-5-13(3)25-15-8-9-16(12(2)11-15)21-18(22)14(4)20-19(23)17-7-6-10-24-17/h6-11,13-14H,5H2,1-4H3,(H,20,23)(H,21,22). The molecule has 0 radical (unpaired) electrons. The first-order valence-corrected chi connectivity index (χ1v) is 9.21. The fraction of sp³-hybridized carbons (Fsp3) is 0.368. The molecule has 6 heteroatoms. The molecule has 0 spiro atoms. The van der Waals surface area contributed by atoms with Gasteiger partial charge in [0.1, 0.15) is 6.04 Å². The van der Waals surface area contributed by atoms with Gasteiger partial charge >= 0.3 is 0 Å². The molecule has 2 rings (SSSR count). The quantitative estimate of drug-likeness (QED) is 0.725. The Kier molecular flexibility index (Phi) is 6.70. The number of carbonyl (C=O) groups excluding carboxylic acids is 2. The van der Waals surface area contributed by atoms with Crippen LogP contribution in [0.1, 0.15) is 43.3 Å². The third kappa shape index (κ3) is 5.39. The van der Waals surface area contributed by atoms with Gasteiger partial charge < -0.3 is 15.1 Å². The number of amides is 2. The van der Waals surface area contributed by atoms with E-state index in [-0.39, 0.29) is 11.7 Å². The minimum absolute atomic E-state index is 0.183. The van der Waals surface area contributed by atoms with Crippen LogP contribution in [0.5, 0.6) is 0 Å². The Labute approximate surface area is 152 Å². The number of furan rings is 1. The van der Waals surface area contributed by atoms with Gasteiger partial charge in [-0.25, -0.2) is 0 Å². The highest BCUT2D eigenvalue weighted by Crippen LogP contribution is 2.28. The molecule has 2 unspecified atom stereocenters. The van der Waals surface area contributed by atoms with Crippen molar-refractivity contribution in [2.45, 2.75) is 50.3 Å². The van der Waals surface area contributed by atoms with Gasteiger partial charge in [0.2, 0.25) is 5.91 Å². The lowest BCUT2D eigenvalue weighted by molar-refractivity contribution is -0.117. The fourth-order valence-corrected chi connectivity index (χ4v) is 3.17. The molecule has 134 valence electrons. The summed E-state index contributed by atoms with van der Waals surface area (Å²) in [4.78, 5) is 25.4. The van der Waals surface area contributed by atoms with E-state index in [4.69, 9.17) is 4.42 Å². The zero-order valence-electron chi connectivity index (χ0n) is 15.0. The van der Waals surface area contributed by atoms with Gasteiger partial charge in [0, 0.05) is 15.8 Å². The zero-order valence-corrected chi connectivity index (χ0v) is 15.8. The number of thioether (sulfide) groups is 1. The number of hydrogen-bond acceptors (Lipinski definition) is 4. The predicted molar refractivity (Wildman–Crippen MR) is 101 cm³/mol. The van der Waals surface area contributed by atoms with E-state index in [1.807, 2.05) is 30.8 Å². The van der Waals surface area contributed by atoms with Crippen LogP contribution in [0, 0.1) is 6.92 Å². The van der Waals surface area contributed by atoms with Gasteiger partial charge in [-0.1, -0.05) is 13.8 Å². The monoisotopic (exact) mass is 360 g/mol. The number of hydrogen-bond donors (Lipinski definition) is 2. The minimum Gasteiger partial charge on any atom is -0.459 e. The largest absolute Gasteiger partial charge is 0.459 e. The maximum Gasteiger partial charge on any atom is 0.287 e. The van der Waals surface area contributed by atoms with Crippen molar-refractivity contribution in [3.8, 4) is 0 Å². The van der Waals surface area contributed by atoms with E-state index in [1.54, 1.807) is 19.1 Å². The van der Waals surface area contributed by atoms with Crippen LogP contribution in [-0.2, 0) is 4.79 Å². The number of rotatable bonds is 7. The summed E-state index contributed by atoms with van der Waals surface area (Å²) in [7, 11) is 0. The SMILES string of the molecule is CCC(C)Sc1ccc(NC(=O)C(C)NC(=O)c2ccco2)c(C)c1. The summed E-state index contributed by atoms with van der Waals surface area (Å²) in [6, 6.07) is 8.48. The van der Waals surface area contributed by atoms with Gasteiger partial charge in [0.15, 0.2) is 5.76 Å². The van der Waals surface area contributed by atoms with Gasteiger partial charge in [-0.15, -0.1) is 11.8 Å². The molecule has 1 aromatic carbocycles. The lowest BCUT2D eigenvalue weighted by Gasteiger charge is -2.16. The molecule has 2 amide bonds. The first-order chi connectivity index (χ1) is 11.9. The molecule has 0 saturated carbocycles. The second-order valence-corrected chi connectivity index (χ2v) is 7.49. The van der Waals surface area contributed by atoms with E-state index >= 15 is 0 Å². The van der Waals surface area contributed by atoms with E-state index in [0.29, 0.717) is 5.25 Å². The maximum absolute atomic E-state index is 12.3. The topological polar surface area (TPSA) is 71.3 Å². The van der Waals surface area contributed by atoms with E-state index < -0.39 is 11.9 Å². The predicted octanol–water partition coefficient (Wildman–Crippen LogP) is 4.24. The van der Waals surface area contributed by atoms with Gasteiger partial charge in [0.25, 0.3) is 5.91 Å². The summed E-state index contributed by atoms with van der Waals surface area (Å²) in [5.74, 6) is -0.503. The molecule has 0 aliphatic heterocycles. The van der Waals surface area contributed by atoms with Gasteiger partial charge in [-0.2, -0.15) is 0 Å². The first kappa shape index (κ1) is 19.1. The maximum atomic E-state index is 12.3. The van der Waals surface area contributed by atoms with Gasteiger partial charge in [0.05, 0.1) is 6.26 Å². The summed E-state index contributed by atoms with van der Waals surface area (Å²) < 4.78 is 5.02. The van der Waals surface area contributed by atoms with Crippen molar-refractivity contribution in [1.29, 1.82) is 0 Å². The Morgan fingerprint density at radius 3 is 2.60 bits per heavy atom. The molecule has 2 aromatic rings. The lowest BCUT2D eigenvalue weighted by atomic mass is 10.2. The third-order valence-corrected chi connectivity index (χ3v) is 5.12. The van der Waals surface area contributed by atoms with Crippen LogP contribution in [-0.4, -0.2) is 23.1 Å². The smallest absolute Gasteiger partial charge is 0.287 e. The number of carbonyl (C=O) groups is 2. The van der Waals surface area contributed by atoms with Crippen LogP contribution in [0.3, 0.4) is 0 Å². The van der Waals surface area contributed by atoms with E-state index in [9.17, 15) is 9.59 Å². The van der Waals surface area contributed by atoms with Crippen LogP contribution in [0.15, 0.2) is 45.9 Å². The molecule has 0 fully saturated rings. The molecule has 2 atom stereocenters. The Balaban J connectivity index is 1.96. The van der Waals surface area contributed by atoms with Crippen molar-refractivity contribution in [2.24, 2.45) is 0 Å². The normalized spacial score (nSPS) is 13.1. The molecule has 0 aliphatic rings. The Bertz CT molecular complexity index is 728. The molecular weight excluding hydrogens is 336 g/mol. The number of benzene rings is 1. The Hall–Kier alpha value is -2.21. The van der Waals surface area contributed by atoms with Crippen LogP contribution >= 0.6 is 11.8 Å². The highest BCUT2D eigenvalue weighted by molar-refractivity contribution is 7.99. The second kappa shape index (κ2) is 8.76. The van der Waals surface area contributed by atoms with Gasteiger partial charge in [-0.3, -0.25) is 9.59 Å². The zero-order chi connectivity index (χ0) is 18.4. The molecule has 2 N–H and O–H groups in total. The van der Waals surface area contributed by atoms with Crippen LogP contribution in [0.25, 0.3) is 0 Å². The summed E-state index contributed by atoms with van der Waals surface area (Å²) in [6.45, 7) is 7.96. The molecule has 5 nitrogen and oxygen atoms in total. The van der Waals surface area contributed by atoms with Crippen LogP contribution in [0.2, 0.25) is 0 Å². The van der Waals surface area contributed by atoms with Crippen molar-refractivity contribution in [1.82, 2.24) is 5.32 Å². The van der Waals surface area contributed by atoms with Crippen molar-refractivity contribution in [3.05, 3.63) is 47.9 Å².